The van der Waals surface area contributed by atoms with E-state index in [0.29, 0.717) is 17.9 Å². The zero-order chi connectivity index (χ0) is 17.7. The standard InChI is InChI=1S/C21H25NO2/c1-14(2)13-24-19-8-6-7-18(12-19)21(23)22-17(5)20-11-15(3)9-10-16(20)4/h6-12,17H,1,13H2,2-5H3,(H,22,23)/t17-/m0/s1. The first-order valence-corrected chi connectivity index (χ1v) is 8.12. The summed E-state index contributed by atoms with van der Waals surface area (Å²) >= 11 is 0. The molecule has 0 bridgehead atoms. The molecule has 2 rings (SSSR count). The molecule has 1 atom stereocenters. The molecule has 0 heterocycles. The molecule has 3 nitrogen and oxygen atoms in total. The zero-order valence-corrected chi connectivity index (χ0v) is 14.8. The van der Waals surface area contributed by atoms with E-state index in [4.69, 9.17) is 4.74 Å². The van der Waals surface area contributed by atoms with Crippen LogP contribution in [0.5, 0.6) is 5.75 Å². The van der Waals surface area contributed by atoms with Crippen molar-refractivity contribution in [3.63, 3.8) is 0 Å². The van der Waals surface area contributed by atoms with E-state index in [9.17, 15) is 4.79 Å². The van der Waals surface area contributed by atoms with E-state index < -0.39 is 0 Å². The van der Waals surface area contributed by atoms with Crippen molar-refractivity contribution in [1.29, 1.82) is 0 Å². The van der Waals surface area contributed by atoms with Gasteiger partial charge in [-0.2, -0.15) is 0 Å². The van der Waals surface area contributed by atoms with Gasteiger partial charge in [-0.15, -0.1) is 0 Å². The molecule has 3 heteroatoms. The smallest absolute Gasteiger partial charge is 0.251 e. The Hall–Kier alpha value is -2.55. The topological polar surface area (TPSA) is 38.3 Å². The lowest BCUT2D eigenvalue weighted by atomic mass is 9.99. The van der Waals surface area contributed by atoms with Gasteiger partial charge in [0.2, 0.25) is 0 Å². The minimum Gasteiger partial charge on any atom is -0.489 e. The van der Waals surface area contributed by atoms with Crippen LogP contribution >= 0.6 is 0 Å². The monoisotopic (exact) mass is 323 g/mol. The van der Waals surface area contributed by atoms with Crippen molar-refractivity contribution in [2.45, 2.75) is 33.7 Å². The summed E-state index contributed by atoms with van der Waals surface area (Å²) in [6.45, 7) is 12.3. The largest absolute Gasteiger partial charge is 0.489 e. The SMILES string of the molecule is C=C(C)COc1cccc(C(=O)N[C@@H](C)c2cc(C)ccc2C)c1. The van der Waals surface area contributed by atoms with Crippen LogP contribution in [0, 0.1) is 13.8 Å². The van der Waals surface area contributed by atoms with E-state index in [1.165, 1.54) is 11.1 Å². The van der Waals surface area contributed by atoms with Gasteiger partial charge in [-0.1, -0.05) is 36.4 Å². The Labute approximate surface area is 144 Å². The molecular formula is C21H25NO2. The Balaban J connectivity index is 2.10. The van der Waals surface area contributed by atoms with Gasteiger partial charge in [-0.3, -0.25) is 4.79 Å². The van der Waals surface area contributed by atoms with Gasteiger partial charge in [0.15, 0.2) is 0 Å². The van der Waals surface area contributed by atoms with Crippen LogP contribution in [0.3, 0.4) is 0 Å². The highest BCUT2D eigenvalue weighted by Crippen LogP contribution is 2.20. The van der Waals surface area contributed by atoms with E-state index in [-0.39, 0.29) is 11.9 Å². The second-order valence-corrected chi connectivity index (χ2v) is 6.33. The minimum atomic E-state index is -0.107. The van der Waals surface area contributed by atoms with Crippen LogP contribution in [-0.4, -0.2) is 12.5 Å². The maximum absolute atomic E-state index is 12.5. The molecule has 0 spiro atoms. The lowest BCUT2D eigenvalue weighted by Crippen LogP contribution is -2.27. The quantitative estimate of drug-likeness (QED) is 0.779. The molecule has 1 amide bonds. The van der Waals surface area contributed by atoms with Gasteiger partial charge in [0, 0.05) is 5.56 Å². The zero-order valence-electron chi connectivity index (χ0n) is 14.8. The lowest BCUT2D eigenvalue weighted by Gasteiger charge is -2.17. The van der Waals surface area contributed by atoms with Gasteiger partial charge in [-0.05, 0) is 62.6 Å². The minimum absolute atomic E-state index is 0.0580. The number of hydrogen-bond acceptors (Lipinski definition) is 2. The van der Waals surface area contributed by atoms with E-state index in [0.717, 1.165) is 11.1 Å². The number of carbonyl (C=O) groups excluding carboxylic acids is 1. The van der Waals surface area contributed by atoms with E-state index >= 15 is 0 Å². The molecule has 0 aromatic heterocycles. The Bertz CT molecular complexity index is 749. The van der Waals surface area contributed by atoms with Crippen molar-refractivity contribution in [3.05, 3.63) is 76.9 Å². The third-order valence-electron chi connectivity index (χ3n) is 3.83. The summed E-state index contributed by atoms with van der Waals surface area (Å²) in [4.78, 5) is 12.5. The highest BCUT2D eigenvalue weighted by Gasteiger charge is 2.14. The summed E-state index contributed by atoms with van der Waals surface area (Å²) in [5, 5.41) is 3.06. The van der Waals surface area contributed by atoms with Crippen molar-refractivity contribution in [1.82, 2.24) is 5.32 Å². The Morgan fingerprint density at radius 1 is 1.21 bits per heavy atom. The van der Waals surface area contributed by atoms with Crippen LogP contribution < -0.4 is 10.1 Å². The van der Waals surface area contributed by atoms with Gasteiger partial charge in [0.25, 0.3) is 5.91 Å². The average molecular weight is 323 g/mol. The van der Waals surface area contributed by atoms with Gasteiger partial charge in [0.05, 0.1) is 6.04 Å². The summed E-state index contributed by atoms with van der Waals surface area (Å²) in [5.74, 6) is 0.564. The van der Waals surface area contributed by atoms with Crippen LogP contribution in [0.15, 0.2) is 54.6 Å². The van der Waals surface area contributed by atoms with Gasteiger partial charge in [0.1, 0.15) is 12.4 Å². The molecule has 0 radical (unpaired) electrons. The summed E-state index contributed by atoms with van der Waals surface area (Å²) in [5.41, 5.74) is 5.02. The third kappa shape index (κ3) is 4.72. The highest BCUT2D eigenvalue weighted by atomic mass is 16.5. The predicted molar refractivity (Wildman–Crippen MR) is 98.5 cm³/mol. The molecule has 0 aliphatic heterocycles. The number of carbonyl (C=O) groups is 1. The number of benzene rings is 2. The summed E-state index contributed by atoms with van der Waals surface area (Å²) in [6, 6.07) is 13.4. The van der Waals surface area contributed by atoms with Gasteiger partial charge < -0.3 is 10.1 Å². The molecule has 1 N–H and O–H groups in total. The first kappa shape index (κ1) is 17.8. The number of hydrogen-bond donors (Lipinski definition) is 1. The fourth-order valence-electron chi connectivity index (χ4n) is 2.52. The second kappa shape index (κ2) is 7.82. The third-order valence-corrected chi connectivity index (χ3v) is 3.83. The molecule has 2 aromatic rings. The van der Waals surface area contributed by atoms with Crippen molar-refractivity contribution < 1.29 is 9.53 Å². The molecule has 0 aliphatic carbocycles. The molecule has 0 fully saturated rings. The molecule has 2 aromatic carbocycles. The number of amides is 1. The van der Waals surface area contributed by atoms with Crippen molar-refractivity contribution in [2.75, 3.05) is 6.61 Å². The summed E-state index contributed by atoms with van der Waals surface area (Å²) in [7, 11) is 0. The fraction of sp³-hybridized carbons (Fsp3) is 0.286. The van der Waals surface area contributed by atoms with Gasteiger partial charge in [-0.25, -0.2) is 0 Å². The maximum atomic E-state index is 12.5. The summed E-state index contributed by atoms with van der Waals surface area (Å²) in [6.07, 6.45) is 0. The fourth-order valence-corrected chi connectivity index (χ4v) is 2.52. The highest BCUT2D eigenvalue weighted by molar-refractivity contribution is 5.94. The van der Waals surface area contributed by atoms with E-state index in [1.807, 2.05) is 26.0 Å². The average Bonchev–Trinajstić information content (AvgIpc) is 2.55. The Kier molecular flexibility index (Phi) is 5.80. The van der Waals surface area contributed by atoms with Crippen LogP contribution in [0.25, 0.3) is 0 Å². The normalized spacial score (nSPS) is 11.7. The number of aryl methyl sites for hydroxylation is 2. The first-order chi connectivity index (χ1) is 11.4. The van der Waals surface area contributed by atoms with Crippen molar-refractivity contribution >= 4 is 5.91 Å². The first-order valence-electron chi connectivity index (χ1n) is 8.12. The molecular weight excluding hydrogens is 298 g/mol. The lowest BCUT2D eigenvalue weighted by molar-refractivity contribution is 0.0939. The maximum Gasteiger partial charge on any atom is 0.251 e. The van der Waals surface area contributed by atoms with Crippen LogP contribution in [0.2, 0.25) is 0 Å². The molecule has 0 unspecified atom stereocenters. The van der Waals surface area contributed by atoms with Crippen LogP contribution in [-0.2, 0) is 0 Å². The van der Waals surface area contributed by atoms with Crippen molar-refractivity contribution in [2.24, 2.45) is 0 Å². The Morgan fingerprint density at radius 3 is 2.67 bits per heavy atom. The van der Waals surface area contributed by atoms with E-state index in [1.54, 1.807) is 12.1 Å². The molecule has 24 heavy (non-hydrogen) atoms. The summed E-state index contributed by atoms with van der Waals surface area (Å²) < 4.78 is 5.60. The van der Waals surface area contributed by atoms with E-state index in [2.05, 4.69) is 43.9 Å². The molecule has 0 aliphatic rings. The van der Waals surface area contributed by atoms with Gasteiger partial charge >= 0.3 is 0 Å². The van der Waals surface area contributed by atoms with Crippen LogP contribution in [0.1, 0.15) is 46.9 Å². The molecule has 0 saturated heterocycles. The van der Waals surface area contributed by atoms with Crippen molar-refractivity contribution in [3.8, 4) is 5.75 Å². The number of rotatable bonds is 6. The predicted octanol–water partition coefficient (Wildman–Crippen LogP) is 4.75. The number of nitrogens with one attached hydrogen (secondary N) is 1. The second-order valence-electron chi connectivity index (χ2n) is 6.33. The Morgan fingerprint density at radius 2 is 1.96 bits per heavy atom. The molecule has 0 saturated carbocycles. The number of ether oxygens (including phenoxy) is 1. The van der Waals surface area contributed by atoms with Crippen LogP contribution in [0.4, 0.5) is 0 Å². The molecule has 126 valence electrons.